The van der Waals surface area contributed by atoms with E-state index < -0.39 is 17.1 Å². The predicted octanol–water partition coefficient (Wildman–Crippen LogP) is -0.572. The zero-order valence-corrected chi connectivity index (χ0v) is 8.00. The predicted molar refractivity (Wildman–Crippen MR) is 48.4 cm³/mol. The van der Waals surface area contributed by atoms with Gasteiger partial charge in [-0.1, -0.05) is 0 Å². The van der Waals surface area contributed by atoms with E-state index in [9.17, 15) is 14.7 Å². The van der Waals surface area contributed by atoms with Crippen molar-refractivity contribution in [3.8, 4) is 0 Å². The molecule has 2 rings (SSSR count). The summed E-state index contributed by atoms with van der Waals surface area (Å²) in [6.45, 7) is 1.71. The van der Waals surface area contributed by atoms with Gasteiger partial charge in [0.25, 0.3) is 5.56 Å². The number of carboxylic acid groups (broad SMARTS) is 1. The van der Waals surface area contributed by atoms with Crippen LogP contribution in [0.25, 0.3) is 4.96 Å². The number of hydrogen-bond donors (Lipinski definition) is 0. The Morgan fingerprint density at radius 1 is 1.64 bits per heavy atom. The second-order valence-corrected chi connectivity index (χ2v) is 3.60. The smallest absolute Gasteiger partial charge is 0.267 e. The number of carboxylic acids is 1. The molecule has 0 aromatic carbocycles. The largest absolute Gasteiger partial charge is 0.545 e. The Morgan fingerprint density at radius 3 is 3.00 bits per heavy atom. The van der Waals surface area contributed by atoms with E-state index in [0.29, 0.717) is 10.7 Å². The van der Waals surface area contributed by atoms with Crippen molar-refractivity contribution < 1.29 is 9.90 Å². The summed E-state index contributed by atoms with van der Waals surface area (Å²) in [5.74, 6) is -1.50. The van der Waals surface area contributed by atoms with Crippen molar-refractivity contribution in [2.45, 2.75) is 6.92 Å². The summed E-state index contributed by atoms with van der Waals surface area (Å²) < 4.78 is 1.26. The minimum atomic E-state index is -1.50. The Labute approximate surface area is 82.3 Å². The molecule has 0 aliphatic heterocycles. The number of thiazole rings is 1. The van der Waals surface area contributed by atoms with Crippen molar-refractivity contribution >= 4 is 22.3 Å². The summed E-state index contributed by atoms with van der Waals surface area (Å²) in [6.07, 6.45) is 1.03. The van der Waals surface area contributed by atoms with Crippen LogP contribution in [0.4, 0.5) is 0 Å². The highest BCUT2D eigenvalue weighted by atomic mass is 32.1. The highest BCUT2D eigenvalue weighted by molar-refractivity contribution is 7.15. The highest BCUT2D eigenvalue weighted by Crippen LogP contribution is 2.10. The number of aromatic carboxylic acids is 1. The van der Waals surface area contributed by atoms with Gasteiger partial charge in [-0.3, -0.25) is 9.20 Å². The van der Waals surface area contributed by atoms with Gasteiger partial charge < -0.3 is 9.90 Å². The number of carbonyl (C=O) groups is 1. The van der Waals surface area contributed by atoms with Crippen molar-refractivity contribution in [1.29, 1.82) is 0 Å². The topological polar surface area (TPSA) is 74.5 Å². The standard InChI is InChI=1S/C8H6N2O3S/c1-4-3-14-8-9-2-5(7(12)13)6(11)10(4)8/h2-3H,1H3,(H,12,13)/p-1. The first-order valence-electron chi connectivity index (χ1n) is 3.78. The van der Waals surface area contributed by atoms with Crippen molar-refractivity contribution in [3.05, 3.63) is 33.2 Å². The molecule has 0 atom stereocenters. The molecule has 0 amide bonds. The molecule has 0 spiro atoms. The molecule has 2 aromatic heterocycles. The third-order valence-corrected chi connectivity index (χ3v) is 2.79. The van der Waals surface area contributed by atoms with Crippen LogP contribution in [-0.2, 0) is 0 Å². The van der Waals surface area contributed by atoms with Gasteiger partial charge in [-0.2, -0.15) is 0 Å². The van der Waals surface area contributed by atoms with Crippen molar-refractivity contribution in [2.24, 2.45) is 0 Å². The van der Waals surface area contributed by atoms with Gasteiger partial charge in [0.05, 0.1) is 11.5 Å². The normalized spacial score (nSPS) is 10.6. The van der Waals surface area contributed by atoms with Gasteiger partial charge in [0.15, 0.2) is 4.96 Å². The summed E-state index contributed by atoms with van der Waals surface area (Å²) in [4.78, 5) is 26.4. The maximum absolute atomic E-state index is 11.6. The average molecular weight is 209 g/mol. The second kappa shape index (κ2) is 2.91. The van der Waals surface area contributed by atoms with Crippen LogP contribution in [0, 0.1) is 6.92 Å². The minimum Gasteiger partial charge on any atom is -0.545 e. The summed E-state index contributed by atoms with van der Waals surface area (Å²) in [5.41, 5.74) is -0.330. The van der Waals surface area contributed by atoms with E-state index in [-0.39, 0.29) is 0 Å². The average Bonchev–Trinajstić information content (AvgIpc) is 2.48. The first kappa shape index (κ1) is 8.89. The fourth-order valence-corrected chi connectivity index (χ4v) is 1.99. The molecule has 0 unspecified atom stereocenters. The van der Waals surface area contributed by atoms with E-state index in [1.54, 1.807) is 12.3 Å². The van der Waals surface area contributed by atoms with Crippen molar-refractivity contribution in [2.75, 3.05) is 0 Å². The van der Waals surface area contributed by atoms with Crippen molar-refractivity contribution in [1.82, 2.24) is 9.38 Å². The molecule has 2 heterocycles. The number of fused-ring (bicyclic) bond motifs is 1. The third-order valence-electron chi connectivity index (χ3n) is 1.84. The number of aromatic nitrogens is 2. The van der Waals surface area contributed by atoms with Gasteiger partial charge in [-0.15, -0.1) is 11.3 Å². The molecule has 0 saturated heterocycles. The Morgan fingerprint density at radius 2 is 2.36 bits per heavy atom. The fraction of sp³-hybridized carbons (Fsp3) is 0.125. The lowest BCUT2D eigenvalue weighted by Crippen LogP contribution is -2.32. The minimum absolute atomic E-state index is 0.413. The molecule has 5 nitrogen and oxygen atoms in total. The van der Waals surface area contributed by atoms with Crippen LogP contribution in [0.15, 0.2) is 16.4 Å². The molecule has 0 aliphatic rings. The second-order valence-electron chi connectivity index (χ2n) is 2.76. The molecule has 0 bridgehead atoms. The molecule has 6 heteroatoms. The SMILES string of the molecule is Cc1csc2ncc(C(=O)[O-])c(=O)n12. The van der Waals surface area contributed by atoms with E-state index in [1.807, 2.05) is 0 Å². The molecular formula is C8H5N2O3S-. The van der Waals surface area contributed by atoms with Crippen LogP contribution < -0.4 is 10.7 Å². The number of hydrogen-bond acceptors (Lipinski definition) is 5. The maximum atomic E-state index is 11.6. The monoisotopic (exact) mass is 209 g/mol. The van der Waals surface area contributed by atoms with E-state index in [1.165, 1.54) is 15.7 Å². The van der Waals surface area contributed by atoms with Crippen LogP contribution in [0.2, 0.25) is 0 Å². The quantitative estimate of drug-likeness (QED) is 0.630. The number of nitrogens with zero attached hydrogens (tertiary/aromatic N) is 2. The van der Waals surface area contributed by atoms with Gasteiger partial charge >= 0.3 is 0 Å². The van der Waals surface area contributed by atoms with Gasteiger partial charge in [0.1, 0.15) is 0 Å². The first-order chi connectivity index (χ1) is 6.61. The summed E-state index contributed by atoms with van der Waals surface area (Å²) in [5, 5.41) is 12.3. The Balaban J connectivity index is 2.93. The fourth-order valence-electron chi connectivity index (χ4n) is 1.16. The zero-order chi connectivity index (χ0) is 10.3. The Kier molecular flexibility index (Phi) is 1.85. The van der Waals surface area contributed by atoms with Gasteiger partial charge in [0.2, 0.25) is 0 Å². The molecule has 0 aliphatic carbocycles. The summed E-state index contributed by atoms with van der Waals surface area (Å²) >= 11 is 1.29. The maximum Gasteiger partial charge on any atom is 0.267 e. The van der Waals surface area contributed by atoms with Crippen LogP contribution >= 0.6 is 11.3 Å². The van der Waals surface area contributed by atoms with Gasteiger partial charge in [-0.05, 0) is 6.92 Å². The number of rotatable bonds is 1. The lowest BCUT2D eigenvalue weighted by molar-refractivity contribution is -0.255. The molecular weight excluding hydrogens is 204 g/mol. The molecule has 0 fully saturated rings. The first-order valence-corrected chi connectivity index (χ1v) is 4.66. The molecule has 0 N–H and O–H groups in total. The van der Waals surface area contributed by atoms with E-state index in [2.05, 4.69) is 4.98 Å². The third kappa shape index (κ3) is 1.12. The number of carbonyl (C=O) groups excluding carboxylic acids is 1. The molecule has 14 heavy (non-hydrogen) atoms. The lowest BCUT2D eigenvalue weighted by atomic mass is 10.3. The molecule has 2 aromatic rings. The van der Waals surface area contributed by atoms with Gasteiger partial charge in [0, 0.05) is 17.3 Å². The van der Waals surface area contributed by atoms with Crippen LogP contribution in [0.1, 0.15) is 16.1 Å². The van der Waals surface area contributed by atoms with Crippen LogP contribution in [0.3, 0.4) is 0 Å². The Bertz CT molecular complexity index is 569. The van der Waals surface area contributed by atoms with Gasteiger partial charge in [-0.25, -0.2) is 4.98 Å². The zero-order valence-electron chi connectivity index (χ0n) is 7.18. The Hall–Kier alpha value is -1.69. The molecule has 0 saturated carbocycles. The molecule has 72 valence electrons. The van der Waals surface area contributed by atoms with Crippen LogP contribution in [-0.4, -0.2) is 15.4 Å². The van der Waals surface area contributed by atoms with E-state index in [0.717, 1.165) is 6.20 Å². The van der Waals surface area contributed by atoms with E-state index >= 15 is 0 Å². The highest BCUT2D eigenvalue weighted by Gasteiger charge is 2.08. The van der Waals surface area contributed by atoms with Crippen molar-refractivity contribution in [3.63, 3.8) is 0 Å². The molecule has 0 radical (unpaired) electrons. The summed E-state index contributed by atoms with van der Waals surface area (Å²) in [6, 6.07) is 0. The van der Waals surface area contributed by atoms with E-state index in [4.69, 9.17) is 0 Å². The van der Waals surface area contributed by atoms with Crippen LogP contribution in [0.5, 0.6) is 0 Å². The summed E-state index contributed by atoms with van der Waals surface area (Å²) in [7, 11) is 0. The number of aryl methyl sites for hydroxylation is 1. The lowest BCUT2D eigenvalue weighted by Gasteiger charge is -2.01.